The van der Waals surface area contributed by atoms with Crippen molar-refractivity contribution in [3.63, 3.8) is 0 Å². The molecule has 0 fully saturated rings. The van der Waals surface area contributed by atoms with Crippen LogP contribution in [0.25, 0.3) is 5.70 Å². The van der Waals surface area contributed by atoms with Gasteiger partial charge in [-0.25, -0.2) is 4.39 Å². The molecule has 0 aliphatic carbocycles. The van der Waals surface area contributed by atoms with Crippen LogP contribution in [0.5, 0.6) is 0 Å². The molecular weight excluding hydrogens is 248 g/mol. The van der Waals surface area contributed by atoms with Crippen LogP contribution in [-0.2, 0) is 6.18 Å². The molecule has 1 aromatic carbocycles. The van der Waals surface area contributed by atoms with Gasteiger partial charge in [0.25, 0.3) is 0 Å². The van der Waals surface area contributed by atoms with E-state index in [1.165, 1.54) is 0 Å². The maximum absolute atomic E-state index is 13.7. The van der Waals surface area contributed by atoms with E-state index in [0.717, 1.165) is 12.1 Å². The molecule has 0 unspecified atom stereocenters. The summed E-state index contributed by atoms with van der Waals surface area (Å²) in [7, 11) is 0. The van der Waals surface area contributed by atoms with E-state index in [4.69, 9.17) is 11.0 Å². The summed E-state index contributed by atoms with van der Waals surface area (Å²) in [5, 5.41) is 8.75. The molecule has 0 saturated carbocycles. The van der Waals surface area contributed by atoms with Gasteiger partial charge in [0.15, 0.2) is 0 Å². The SMILES string of the molecule is CC/C(C#N)=C(/N)c1cccc(C(F)(F)F)c1F. The molecule has 0 aliphatic heterocycles. The summed E-state index contributed by atoms with van der Waals surface area (Å²) in [6.07, 6.45) is -4.57. The van der Waals surface area contributed by atoms with Crippen LogP contribution < -0.4 is 5.73 Å². The first-order chi connectivity index (χ1) is 8.32. The van der Waals surface area contributed by atoms with Crippen LogP contribution in [0.3, 0.4) is 0 Å². The number of rotatable bonds is 2. The quantitative estimate of drug-likeness (QED) is 0.652. The fourth-order valence-corrected chi connectivity index (χ4v) is 1.45. The van der Waals surface area contributed by atoms with Gasteiger partial charge < -0.3 is 5.73 Å². The van der Waals surface area contributed by atoms with E-state index in [9.17, 15) is 17.6 Å². The lowest BCUT2D eigenvalue weighted by molar-refractivity contribution is -0.140. The predicted molar refractivity (Wildman–Crippen MR) is 58.4 cm³/mol. The number of hydrogen-bond donors (Lipinski definition) is 1. The first kappa shape index (κ1) is 14.0. The van der Waals surface area contributed by atoms with Crippen LogP contribution in [0.4, 0.5) is 17.6 Å². The number of benzene rings is 1. The van der Waals surface area contributed by atoms with Crippen molar-refractivity contribution in [2.75, 3.05) is 0 Å². The number of alkyl halides is 3. The molecule has 6 heteroatoms. The third kappa shape index (κ3) is 2.62. The maximum Gasteiger partial charge on any atom is 0.419 e. The van der Waals surface area contributed by atoms with Gasteiger partial charge in [-0.2, -0.15) is 18.4 Å². The standard InChI is InChI=1S/C12H10F4N2/c1-2-7(6-17)11(18)8-4-3-5-9(10(8)13)12(14,15)16/h3-5H,2,18H2,1H3/b11-7-. The highest BCUT2D eigenvalue weighted by atomic mass is 19.4. The van der Waals surface area contributed by atoms with E-state index < -0.39 is 23.1 Å². The molecular formula is C12H10F4N2. The molecule has 0 bridgehead atoms. The van der Waals surface area contributed by atoms with Gasteiger partial charge in [0, 0.05) is 5.56 Å². The van der Waals surface area contributed by atoms with E-state index in [1.807, 2.05) is 0 Å². The van der Waals surface area contributed by atoms with Gasteiger partial charge in [0.1, 0.15) is 5.82 Å². The largest absolute Gasteiger partial charge is 0.419 e. The molecule has 0 radical (unpaired) electrons. The van der Waals surface area contributed by atoms with E-state index in [-0.39, 0.29) is 17.7 Å². The van der Waals surface area contributed by atoms with Gasteiger partial charge >= 0.3 is 6.18 Å². The van der Waals surface area contributed by atoms with Gasteiger partial charge in [0.2, 0.25) is 0 Å². The lowest BCUT2D eigenvalue weighted by Gasteiger charge is -2.12. The van der Waals surface area contributed by atoms with Crippen molar-refractivity contribution in [2.24, 2.45) is 5.73 Å². The Kier molecular flexibility index (Phi) is 3.96. The Bertz CT molecular complexity index is 524. The fourth-order valence-electron chi connectivity index (χ4n) is 1.45. The Labute approximate surface area is 101 Å². The minimum atomic E-state index is -4.79. The zero-order valence-electron chi connectivity index (χ0n) is 9.48. The van der Waals surface area contributed by atoms with Crippen LogP contribution in [0.15, 0.2) is 23.8 Å². The van der Waals surface area contributed by atoms with Crippen molar-refractivity contribution in [3.8, 4) is 6.07 Å². The summed E-state index contributed by atoms with van der Waals surface area (Å²) >= 11 is 0. The lowest BCUT2D eigenvalue weighted by atomic mass is 10.0. The second-order valence-corrected chi connectivity index (χ2v) is 3.52. The number of halogens is 4. The first-order valence-corrected chi connectivity index (χ1v) is 5.07. The van der Waals surface area contributed by atoms with Gasteiger partial charge in [-0.3, -0.25) is 0 Å². The molecule has 1 aromatic rings. The summed E-state index contributed by atoms with van der Waals surface area (Å²) in [5.41, 5.74) is 3.52. The van der Waals surface area contributed by atoms with Crippen LogP contribution in [0.1, 0.15) is 24.5 Å². The molecule has 2 N–H and O–H groups in total. The van der Waals surface area contributed by atoms with Crippen molar-refractivity contribution in [1.29, 1.82) is 5.26 Å². The summed E-state index contributed by atoms with van der Waals surface area (Å²) in [6, 6.07) is 4.54. The molecule has 0 aliphatic rings. The third-order valence-corrected chi connectivity index (χ3v) is 2.41. The summed E-state index contributed by atoms with van der Waals surface area (Å²) < 4.78 is 51.2. The molecule has 96 valence electrons. The molecule has 0 saturated heterocycles. The second kappa shape index (κ2) is 5.08. The molecule has 2 nitrogen and oxygen atoms in total. The Morgan fingerprint density at radius 2 is 2.00 bits per heavy atom. The highest BCUT2D eigenvalue weighted by Gasteiger charge is 2.35. The average molecular weight is 258 g/mol. The smallest absolute Gasteiger partial charge is 0.397 e. The van der Waals surface area contributed by atoms with Crippen molar-refractivity contribution < 1.29 is 17.6 Å². The third-order valence-electron chi connectivity index (χ3n) is 2.41. The van der Waals surface area contributed by atoms with E-state index >= 15 is 0 Å². The normalized spacial score (nSPS) is 12.9. The van der Waals surface area contributed by atoms with E-state index in [1.54, 1.807) is 13.0 Å². The van der Waals surface area contributed by atoms with Crippen molar-refractivity contribution in [1.82, 2.24) is 0 Å². The number of nitrogens with two attached hydrogens (primary N) is 1. The minimum Gasteiger partial charge on any atom is -0.397 e. The Balaban J connectivity index is 3.47. The first-order valence-electron chi connectivity index (χ1n) is 5.07. The number of nitriles is 1. The van der Waals surface area contributed by atoms with E-state index in [0.29, 0.717) is 6.07 Å². The Hall–Kier alpha value is -2.03. The molecule has 18 heavy (non-hydrogen) atoms. The monoisotopic (exact) mass is 258 g/mol. The molecule has 0 spiro atoms. The van der Waals surface area contributed by atoms with Crippen LogP contribution in [0, 0.1) is 17.1 Å². The number of allylic oxidation sites excluding steroid dienone is 1. The van der Waals surface area contributed by atoms with Crippen molar-refractivity contribution in [3.05, 3.63) is 40.7 Å². The minimum absolute atomic E-state index is 0.0493. The Morgan fingerprint density at radius 1 is 1.39 bits per heavy atom. The van der Waals surface area contributed by atoms with Gasteiger partial charge in [0.05, 0.1) is 22.9 Å². The number of nitrogens with zero attached hydrogens (tertiary/aromatic N) is 1. The molecule has 0 atom stereocenters. The molecule has 0 heterocycles. The van der Waals surface area contributed by atoms with Gasteiger partial charge in [-0.05, 0) is 18.6 Å². The number of hydrogen-bond acceptors (Lipinski definition) is 2. The van der Waals surface area contributed by atoms with Crippen LogP contribution in [-0.4, -0.2) is 0 Å². The summed E-state index contributed by atoms with van der Waals surface area (Å²) in [6.45, 7) is 1.61. The van der Waals surface area contributed by atoms with Crippen molar-refractivity contribution >= 4 is 5.70 Å². The lowest BCUT2D eigenvalue weighted by Crippen LogP contribution is -2.12. The summed E-state index contributed by atoms with van der Waals surface area (Å²) in [4.78, 5) is 0. The van der Waals surface area contributed by atoms with Gasteiger partial charge in [-0.1, -0.05) is 13.0 Å². The molecule has 1 rings (SSSR count). The predicted octanol–water partition coefficient (Wildman–Crippen LogP) is 3.45. The van der Waals surface area contributed by atoms with E-state index in [2.05, 4.69) is 0 Å². The van der Waals surface area contributed by atoms with Gasteiger partial charge in [-0.15, -0.1) is 0 Å². The maximum atomic E-state index is 13.7. The van der Waals surface area contributed by atoms with Crippen molar-refractivity contribution in [2.45, 2.75) is 19.5 Å². The average Bonchev–Trinajstić information content (AvgIpc) is 2.29. The van der Waals surface area contributed by atoms with Crippen LogP contribution in [0.2, 0.25) is 0 Å². The second-order valence-electron chi connectivity index (χ2n) is 3.52. The fraction of sp³-hybridized carbons (Fsp3) is 0.250. The van der Waals surface area contributed by atoms with Crippen LogP contribution >= 0.6 is 0 Å². The highest BCUT2D eigenvalue weighted by molar-refractivity contribution is 5.70. The zero-order chi connectivity index (χ0) is 13.9. The Morgan fingerprint density at radius 3 is 2.44 bits per heavy atom. The molecule has 0 aromatic heterocycles. The zero-order valence-corrected chi connectivity index (χ0v) is 9.48. The topological polar surface area (TPSA) is 49.8 Å². The highest BCUT2D eigenvalue weighted by Crippen LogP contribution is 2.33. The summed E-state index contributed by atoms with van der Waals surface area (Å²) in [5.74, 6) is -1.45. The molecule has 0 amide bonds.